The third-order valence-corrected chi connectivity index (χ3v) is 2.59. The standard InChI is InChI=1S/C11H17NO3/c1-4-12-7-6-9(13)10(8(12)3)11(14)15-5-2/h4-7H2,1-3H3. The van der Waals surface area contributed by atoms with Crippen LogP contribution in [0, 0.1) is 0 Å². The minimum Gasteiger partial charge on any atom is -0.462 e. The van der Waals surface area contributed by atoms with E-state index in [4.69, 9.17) is 4.74 Å². The van der Waals surface area contributed by atoms with E-state index in [-0.39, 0.29) is 11.4 Å². The molecule has 0 unspecified atom stereocenters. The Kier molecular flexibility index (Phi) is 3.88. The predicted molar refractivity (Wildman–Crippen MR) is 56.2 cm³/mol. The van der Waals surface area contributed by atoms with Crippen molar-refractivity contribution < 1.29 is 14.3 Å². The molecule has 1 aliphatic heterocycles. The second kappa shape index (κ2) is 4.96. The van der Waals surface area contributed by atoms with Crippen LogP contribution in [0.25, 0.3) is 0 Å². The molecule has 0 aliphatic carbocycles. The number of Topliss-reactive ketones (excluding diaryl/α,β-unsaturated/α-hetero) is 1. The number of ketones is 1. The topological polar surface area (TPSA) is 46.6 Å². The van der Waals surface area contributed by atoms with Crippen molar-refractivity contribution in [3.8, 4) is 0 Å². The van der Waals surface area contributed by atoms with E-state index in [2.05, 4.69) is 0 Å². The lowest BCUT2D eigenvalue weighted by Gasteiger charge is -2.29. The van der Waals surface area contributed by atoms with Crippen LogP contribution >= 0.6 is 0 Å². The number of nitrogens with zero attached hydrogens (tertiary/aromatic N) is 1. The normalized spacial score (nSPS) is 17.0. The van der Waals surface area contributed by atoms with Crippen LogP contribution in [-0.2, 0) is 14.3 Å². The van der Waals surface area contributed by atoms with E-state index in [9.17, 15) is 9.59 Å². The van der Waals surface area contributed by atoms with Gasteiger partial charge >= 0.3 is 5.97 Å². The van der Waals surface area contributed by atoms with Crippen molar-refractivity contribution in [1.29, 1.82) is 0 Å². The summed E-state index contributed by atoms with van der Waals surface area (Å²) in [5.41, 5.74) is 0.970. The van der Waals surface area contributed by atoms with Gasteiger partial charge in [0, 0.05) is 25.2 Å². The summed E-state index contributed by atoms with van der Waals surface area (Å²) in [5.74, 6) is -0.589. The van der Waals surface area contributed by atoms with Gasteiger partial charge in [-0.3, -0.25) is 4.79 Å². The van der Waals surface area contributed by atoms with Gasteiger partial charge in [0.05, 0.1) is 6.61 Å². The molecule has 0 fully saturated rings. The molecule has 0 saturated heterocycles. The summed E-state index contributed by atoms with van der Waals surface area (Å²) < 4.78 is 4.87. The van der Waals surface area contributed by atoms with Crippen LogP contribution in [0.3, 0.4) is 0 Å². The molecule has 0 amide bonds. The number of carbonyl (C=O) groups is 2. The lowest BCUT2D eigenvalue weighted by Crippen LogP contribution is -2.34. The van der Waals surface area contributed by atoms with Crippen molar-refractivity contribution in [2.45, 2.75) is 27.2 Å². The average molecular weight is 211 g/mol. The van der Waals surface area contributed by atoms with Crippen LogP contribution in [0.4, 0.5) is 0 Å². The number of carbonyl (C=O) groups excluding carboxylic acids is 2. The third-order valence-electron chi connectivity index (χ3n) is 2.59. The van der Waals surface area contributed by atoms with Crippen LogP contribution in [-0.4, -0.2) is 36.3 Å². The maximum absolute atomic E-state index is 11.6. The first-order chi connectivity index (χ1) is 7.11. The van der Waals surface area contributed by atoms with Crippen molar-refractivity contribution in [3.63, 3.8) is 0 Å². The van der Waals surface area contributed by atoms with E-state index in [0.29, 0.717) is 19.6 Å². The zero-order valence-corrected chi connectivity index (χ0v) is 9.50. The first kappa shape index (κ1) is 11.8. The maximum atomic E-state index is 11.6. The summed E-state index contributed by atoms with van der Waals surface area (Å²) in [6, 6.07) is 0. The van der Waals surface area contributed by atoms with Gasteiger partial charge in [-0.05, 0) is 20.8 Å². The van der Waals surface area contributed by atoms with Crippen molar-refractivity contribution >= 4 is 11.8 Å². The van der Waals surface area contributed by atoms with Crippen molar-refractivity contribution in [2.24, 2.45) is 0 Å². The summed E-state index contributed by atoms with van der Waals surface area (Å²) in [6.07, 6.45) is 0.402. The van der Waals surface area contributed by atoms with Gasteiger partial charge < -0.3 is 9.64 Å². The summed E-state index contributed by atoms with van der Waals surface area (Å²) in [6.45, 7) is 7.34. The Labute approximate surface area is 89.9 Å². The molecule has 0 aromatic carbocycles. The molecule has 0 aromatic rings. The molecule has 0 spiro atoms. The van der Waals surface area contributed by atoms with Gasteiger partial charge in [0.15, 0.2) is 5.78 Å². The van der Waals surface area contributed by atoms with Gasteiger partial charge in [-0.15, -0.1) is 0 Å². The number of rotatable bonds is 3. The van der Waals surface area contributed by atoms with E-state index in [1.807, 2.05) is 11.8 Å². The highest BCUT2D eigenvalue weighted by Crippen LogP contribution is 2.19. The third kappa shape index (κ3) is 2.37. The molecule has 0 saturated carbocycles. The number of hydrogen-bond donors (Lipinski definition) is 0. The quantitative estimate of drug-likeness (QED) is 0.518. The van der Waals surface area contributed by atoms with Crippen LogP contribution < -0.4 is 0 Å². The average Bonchev–Trinajstić information content (AvgIpc) is 2.18. The second-order valence-electron chi connectivity index (χ2n) is 3.43. The number of allylic oxidation sites excluding steroid dienone is 1. The minimum atomic E-state index is -0.488. The zero-order chi connectivity index (χ0) is 11.4. The molecule has 1 aliphatic rings. The fraction of sp³-hybridized carbons (Fsp3) is 0.636. The number of esters is 1. The van der Waals surface area contributed by atoms with E-state index < -0.39 is 5.97 Å². The fourth-order valence-corrected chi connectivity index (χ4v) is 1.75. The molecule has 0 bridgehead atoms. The predicted octanol–water partition coefficient (Wildman–Crippen LogP) is 1.12. The summed E-state index contributed by atoms with van der Waals surface area (Å²) in [4.78, 5) is 25.2. The number of ether oxygens (including phenoxy) is 1. The molecule has 0 atom stereocenters. The Bertz CT molecular complexity index is 307. The molecule has 1 heterocycles. The summed E-state index contributed by atoms with van der Waals surface area (Å²) in [7, 11) is 0. The van der Waals surface area contributed by atoms with Gasteiger partial charge in [0.25, 0.3) is 0 Å². The monoisotopic (exact) mass is 211 g/mol. The van der Waals surface area contributed by atoms with E-state index >= 15 is 0 Å². The number of hydrogen-bond acceptors (Lipinski definition) is 4. The Morgan fingerprint density at radius 3 is 2.67 bits per heavy atom. The zero-order valence-electron chi connectivity index (χ0n) is 9.50. The molecule has 4 heteroatoms. The van der Waals surface area contributed by atoms with Gasteiger partial charge in [-0.2, -0.15) is 0 Å². The Balaban J connectivity index is 2.97. The Morgan fingerprint density at radius 1 is 1.47 bits per heavy atom. The highest BCUT2D eigenvalue weighted by Gasteiger charge is 2.28. The molecule has 4 nitrogen and oxygen atoms in total. The van der Waals surface area contributed by atoms with E-state index in [0.717, 1.165) is 12.2 Å². The maximum Gasteiger partial charge on any atom is 0.343 e. The first-order valence-electron chi connectivity index (χ1n) is 5.27. The first-order valence-corrected chi connectivity index (χ1v) is 5.27. The SMILES string of the molecule is CCOC(=O)C1=C(C)N(CC)CCC1=O. The van der Waals surface area contributed by atoms with Crippen LogP contribution in [0.2, 0.25) is 0 Å². The molecular formula is C11H17NO3. The van der Waals surface area contributed by atoms with Crippen molar-refractivity contribution in [2.75, 3.05) is 19.7 Å². The van der Waals surface area contributed by atoms with Gasteiger partial charge in [0.1, 0.15) is 5.57 Å². The Hall–Kier alpha value is -1.32. The summed E-state index contributed by atoms with van der Waals surface area (Å²) >= 11 is 0. The smallest absolute Gasteiger partial charge is 0.343 e. The minimum absolute atomic E-state index is 0.101. The lowest BCUT2D eigenvalue weighted by atomic mass is 10.0. The van der Waals surface area contributed by atoms with E-state index in [1.165, 1.54) is 0 Å². The molecule has 0 aromatic heterocycles. The van der Waals surface area contributed by atoms with Crippen LogP contribution in [0.15, 0.2) is 11.3 Å². The summed E-state index contributed by atoms with van der Waals surface area (Å²) in [5, 5.41) is 0. The second-order valence-corrected chi connectivity index (χ2v) is 3.43. The van der Waals surface area contributed by atoms with Crippen molar-refractivity contribution in [1.82, 2.24) is 4.90 Å². The van der Waals surface area contributed by atoms with E-state index in [1.54, 1.807) is 13.8 Å². The van der Waals surface area contributed by atoms with Crippen LogP contribution in [0.5, 0.6) is 0 Å². The molecule has 15 heavy (non-hydrogen) atoms. The molecule has 0 radical (unpaired) electrons. The molecule has 84 valence electrons. The van der Waals surface area contributed by atoms with Gasteiger partial charge in [-0.1, -0.05) is 0 Å². The molecule has 0 N–H and O–H groups in total. The largest absolute Gasteiger partial charge is 0.462 e. The highest BCUT2D eigenvalue weighted by molar-refractivity contribution is 6.18. The Morgan fingerprint density at radius 2 is 2.13 bits per heavy atom. The van der Waals surface area contributed by atoms with Crippen molar-refractivity contribution in [3.05, 3.63) is 11.3 Å². The highest BCUT2D eigenvalue weighted by atomic mass is 16.5. The molecule has 1 rings (SSSR count). The fourth-order valence-electron chi connectivity index (χ4n) is 1.75. The van der Waals surface area contributed by atoms with Gasteiger partial charge in [-0.25, -0.2) is 4.79 Å². The van der Waals surface area contributed by atoms with Crippen LogP contribution in [0.1, 0.15) is 27.2 Å². The lowest BCUT2D eigenvalue weighted by molar-refractivity contribution is -0.140. The molecular weight excluding hydrogens is 194 g/mol. The van der Waals surface area contributed by atoms with Gasteiger partial charge in [0.2, 0.25) is 0 Å².